The van der Waals surface area contributed by atoms with E-state index in [2.05, 4.69) is 0 Å². The molecular weight excluding hydrogens is 298 g/mol. The van der Waals surface area contributed by atoms with E-state index in [0.717, 1.165) is 16.7 Å². The molecule has 0 aliphatic carbocycles. The fourth-order valence-electron chi connectivity index (χ4n) is 1.50. The molecule has 0 saturated heterocycles. The van der Waals surface area contributed by atoms with Crippen LogP contribution in [-0.4, -0.2) is 0 Å². The molecule has 0 radical (unpaired) electrons. The van der Waals surface area contributed by atoms with Gasteiger partial charge in [0.05, 0.1) is 10.0 Å². The molecule has 0 aliphatic rings. The van der Waals surface area contributed by atoms with Crippen molar-refractivity contribution in [2.75, 3.05) is 0 Å². The highest BCUT2D eigenvalue weighted by Gasteiger charge is 2.09. The van der Waals surface area contributed by atoms with Crippen molar-refractivity contribution < 1.29 is 0 Å². The van der Waals surface area contributed by atoms with Crippen LogP contribution in [0.4, 0.5) is 0 Å². The predicted molar refractivity (Wildman–Crippen MR) is 76.7 cm³/mol. The lowest BCUT2D eigenvalue weighted by atomic mass is 10.0. The number of rotatable bonds is 1. The standard InChI is InChI=1S/C13H8Cl4/c1-7-2-3-8(4-10(7)14)9-5-12(16)13(17)6-11(9)15/h2-6H,1H3. The summed E-state index contributed by atoms with van der Waals surface area (Å²) in [5.74, 6) is 0. The molecular formula is C13H8Cl4. The Kier molecular flexibility index (Phi) is 3.89. The molecule has 88 valence electrons. The lowest BCUT2D eigenvalue weighted by molar-refractivity contribution is 1.47. The molecule has 17 heavy (non-hydrogen) atoms. The smallest absolute Gasteiger partial charge is 0.0607 e. The summed E-state index contributed by atoms with van der Waals surface area (Å²) < 4.78 is 0. The van der Waals surface area contributed by atoms with E-state index in [-0.39, 0.29) is 0 Å². The molecule has 0 nitrogen and oxygen atoms in total. The Labute approximate surface area is 120 Å². The first-order valence-corrected chi connectivity index (χ1v) is 6.41. The van der Waals surface area contributed by atoms with Crippen LogP contribution in [0.15, 0.2) is 30.3 Å². The lowest BCUT2D eigenvalue weighted by Crippen LogP contribution is -1.83. The second kappa shape index (κ2) is 5.07. The quantitative estimate of drug-likeness (QED) is 0.544. The Balaban J connectivity index is 2.60. The SMILES string of the molecule is Cc1ccc(-c2cc(Cl)c(Cl)cc2Cl)cc1Cl. The second-order valence-electron chi connectivity index (χ2n) is 3.71. The summed E-state index contributed by atoms with van der Waals surface area (Å²) in [6.07, 6.45) is 0. The van der Waals surface area contributed by atoms with Crippen molar-refractivity contribution in [3.63, 3.8) is 0 Å². The minimum atomic E-state index is 0.443. The molecule has 0 N–H and O–H groups in total. The Bertz CT molecular complexity index is 576. The highest BCUT2D eigenvalue weighted by Crippen LogP contribution is 2.36. The van der Waals surface area contributed by atoms with E-state index < -0.39 is 0 Å². The van der Waals surface area contributed by atoms with Crippen LogP contribution in [0.1, 0.15) is 5.56 Å². The van der Waals surface area contributed by atoms with Crippen LogP contribution in [0.3, 0.4) is 0 Å². The fraction of sp³-hybridized carbons (Fsp3) is 0.0769. The van der Waals surface area contributed by atoms with Gasteiger partial charge in [0.25, 0.3) is 0 Å². The van der Waals surface area contributed by atoms with Crippen molar-refractivity contribution in [2.24, 2.45) is 0 Å². The first kappa shape index (κ1) is 13.0. The van der Waals surface area contributed by atoms with Gasteiger partial charge in [-0.2, -0.15) is 0 Å². The highest BCUT2D eigenvalue weighted by atomic mass is 35.5. The van der Waals surface area contributed by atoms with E-state index >= 15 is 0 Å². The van der Waals surface area contributed by atoms with E-state index in [1.54, 1.807) is 12.1 Å². The summed E-state index contributed by atoms with van der Waals surface area (Å²) in [6.45, 7) is 1.95. The van der Waals surface area contributed by atoms with Gasteiger partial charge in [0, 0.05) is 15.6 Å². The largest absolute Gasteiger partial charge is 0.0840 e. The third-order valence-corrected chi connectivity index (χ3v) is 3.93. The Hall–Kier alpha value is -0.400. The van der Waals surface area contributed by atoms with Crippen molar-refractivity contribution in [2.45, 2.75) is 6.92 Å². The van der Waals surface area contributed by atoms with Crippen LogP contribution in [0.2, 0.25) is 20.1 Å². The molecule has 0 saturated carbocycles. The van der Waals surface area contributed by atoms with Gasteiger partial charge in [-0.25, -0.2) is 0 Å². The van der Waals surface area contributed by atoms with Gasteiger partial charge in [-0.15, -0.1) is 0 Å². The van der Waals surface area contributed by atoms with Gasteiger partial charge in [0.15, 0.2) is 0 Å². The third-order valence-electron chi connectivity index (χ3n) is 2.49. The molecule has 0 atom stereocenters. The average molecular weight is 306 g/mol. The van der Waals surface area contributed by atoms with E-state index in [0.29, 0.717) is 20.1 Å². The van der Waals surface area contributed by atoms with Crippen molar-refractivity contribution in [3.05, 3.63) is 56.0 Å². The molecule has 2 aromatic carbocycles. The number of halogens is 4. The van der Waals surface area contributed by atoms with Gasteiger partial charge >= 0.3 is 0 Å². The number of hydrogen-bond acceptors (Lipinski definition) is 0. The maximum absolute atomic E-state index is 6.14. The fourth-order valence-corrected chi connectivity index (χ4v) is 2.34. The van der Waals surface area contributed by atoms with Crippen LogP contribution in [0.5, 0.6) is 0 Å². The Morgan fingerprint density at radius 1 is 0.706 bits per heavy atom. The maximum atomic E-state index is 6.14. The first-order valence-electron chi connectivity index (χ1n) is 4.90. The van der Waals surface area contributed by atoms with Crippen molar-refractivity contribution in [1.82, 2.24) is 0 Å². The number of hydrogen-bond donors (Lipinski definition) is 0. The zero-order valence-corrected chi connectivity index (χ0v) is 11.9. The molecule has 2 rings (SSSR count). The van der Waals surface area contributed by atoms with E-state index in [4.69, 9.17) is 46.4 Å². The van der Waals surface area contributed by atoms with Crippen LogP contribution < -0.4 is 0 Å². The molecule has 2 aromatic rings. The van der Waals surface area contributed by atoms with Gasteiger partial charge in [-0.05, 0) is 36.2 Å². The molecule has 0 aromatic heterocycles. The Morgan fingerprint density at radius 2 is 1.35 bits per heavy atom. The average Bonchev–Trinajstić information content (AvgIpc) is 2.27. The maximum Gasteiger partial charge on any atom is 0.0607 e. The predicted octanol–water partition coefficient (Wildman–Crippen LogP) is 6.28. The number of aryl methyl sites for hydroxylation is 1. The van der Waals surface area contributed by atoms with E-state index in [1.165, 1.54) is 0 Å². The first-order chi connectivity index (χ1) is 7.99. The van der Waals surface area contributed by atoms with Crippen molar-refractivity contribution in [1.29, 1.82) is 0 Å². The van der Waals surface area contributed by atoms with Crippen LogP contribution >= 0.6 is 46.4 Å². The normalized spacial score (nSPS) is 10.6. The molecule has 0 aliphatic heterocycles. The minimum absolute atomic E-state index is 0.443. The van der Waals surface area contributed by atoms with Gasteiger partial charge in [0.1, 0.15) is 0 Å². The summed E-state index contributed by atoms with van der Waals surface area (Å²) in [4.78, 5) is 0. The lowest BCUT2D eigenvalue weighted by Gasteiger charge is -2.08. The zero-order chi connectivity index (χ0) is 12.6. The monoisotopic (exact) mass is 304 g/mol. The third kappa shape index (κ3) is 2.71. The zero-order valence-electron chi connectivity index (χ0n) is 8.90. The topological polar surface area (TPSA) is 0 Å². The molecule has 0 unspecified atom stereocenters. The van der Waals surface area contributed by atoms with Crippen molar-refractivity contribution >= 4 is 46.4 Å². The van der Waals surface area contributed by atoms with Gasteiger partial charge in [-0.3, -0.25) is 0 Å². The highest BCUT2D eigenvalue weighted by molar-refractivity contribution is 6.44. The van der Waals surface area contributed by atoms with E-state index in [9.17, 15) is 0 Å². The summed E-state index contributed by atoms with van der Waals surface area (Å²) in [5.41, 5.74) is 2.76. The molecule has 4 heteroatoms. The molecule has 0 amide bonds. The van der Waals surface area contributed by atoms with Crippen LogP contribution in [0.25, 0.3) is 11.1 Å². The van der Waals surface area contributed by atoms with Gasteiger partial charge < -0.3 is 0 Å². The summed E-state index contributed by atoms with van der Waals surface area (Å²) in [7, 11) is 0. The minimum Gasteiger partial charge on any atom is -0.0840 e. The Morgan fingerprint density at radius 3 is 2.00 bits per heavy atom. The molecule has 0 spiro atoms. The van der Waals surface area contributed by atoms with Gasteiger partial charge in [-0.1, -0.05) is 58.5 Å². The van der Waals surface area contributed by atoms with Crippen LogP contribution in [-0.2, 0) is 0 Å². The van der Waals surface area contributed by atoms with Crippen LogP contribution in [0, 0.1) is 6.92 Å². The molecule has 0 bridgehead atoms. The van der Waals surface area contributed by atoms with Crippen molar-refractivity contribution in [3.8, 4) is 11.1 Å². The van der Waals surface area contributed by atoms with Gasteiger partial charge in [0.2, 0.25) is 0 Å². The molecule has 0 fully saturated rings. The second-order valence-corrected chi connectivity index (χ2v) is 5.34. The summed E-state index contributed by atoms with van der Waals surface area (Å²) in [5, 5.41) is 2.17. The number of benzene rings is 2. The summed E-state index contributed by atoms with van der Waals surface area (Å²) >= 11 is 24.1. The summed E-state index contributed by atoms with van der Waals surface area (Å²) in [6, 6.07) is 9.13. The van der Waals surface area contributed by atoms with E-state index in [1.807, 2.05) is 25.1 Å². The molecule has 0 heterocycles.